The van der Waals surface area contributed by atoms with Gasteiger partial charge in [-0.25, -0.2) is 0 Å². The van der Waals surface area contributed by atoms with Crippen molar-refractivity contribution >= 4 is 11.7 Å². The van der Waals surface area contributed by atoms with Crippen molar-refractivity contribution in [1.29, 1.82) is 0 Å². The second-order valence-electron chi connectivity index (χ2n) is 5.90. The molecule has 3 N–H and O–H groups in total. The van der Waals surface area contributed by atoms with Gasteiger partial charge in [-0.3, -0.25) is 4.79 Å². The Morgan fingerprint density at radius 2 is 2.16 bits per heavy atom. The highest BCUT2D eigenvalue weighted by Crippen LogP contribution is 2.39. The molecule has 0 spiro atoms. The summed E-state index contributed by atoms with van der Waals surface area (Å²) < 4.78 is 0. The minimum Gasteiger partial charge on any atom is -0.481 e. The molecule has 19 heavy (non-hydrogen) atoms. The fourth-order valence-electron chi connectivity index (χ4n) is 2.73. The lowest BCUT2D eigenvalue weighted by atomic mass is 9.93. The van der Waals surface area contributed by atoms with E-state index in [2.05, 4.69) is 17.0 Å². The number of anilines is 1. The van der Waals surface area contributed by atoms with E-state index in [-0.39, 0.29) is 0 Å². The first-order valence-corrected chi connectivity index (χ1v) is 6.73. The van der Waals surface area contributed by atoms with Crippen molar-refractivity contribution in [2.45, 2.75) is 26.2 Å². The van der Waals surface area contributed by atoms with E-state index in [9.17, 15) is 9.90 Å². The number of carboxylic acid groups (broad SMARTS) is 1. The van der Waals surface area contributed by atoms with E-state index in [1.807, 2.05) is 12.1 Å². The lowest BCUT2D eigenvalue weighted by Gasteiger charge is -2.28. The highest BCUT2D eigenvalue weighted by atomic mass is 16.4. The Bertz CT molecular complexity index is 471. The molecule has 0 radical (unpaired) electrons. The molecular weight excluding hydrogens is 240 g/mol. The Morgan fingerprint density at radius 1 is 1.47 bits per heavy atom. The van der Waals surface area contributed by atoms with Gasteiger partial charge in [0.25, 0.3) is 0 Å². The summed E-state index contributed by atoms with van der Waals surface area (Å²) in [5, 5.41) is 9.27. The summed E-state index contributed by atoms with van der Waals surface area (Å²) in [4.78, 5) is 13.5. The van der Waals surface area contributed by atoms with Crippen LogP contribution in [0.5, 0.6) is 0 Å². The quantitative estimate of drug-likeness (QED) is 0.852. The third-order valence-electron chi connectivity index (χ3n) is 3.84. The van der Waals surface area contributed by atoms with Crippen molar-refractivity contribution < 1.29 is 9.90 Å². The molecular formula is C15H22N2O2. The van der Waals surface area contributed by atoms with Crippen molar-refractivity contribution in [3.05, 3.63) is 29.8 Å². The maximum Gasteiger partial charge on any atom is 0.310 e. The van der Waals surface area contributed by atoms with Gasteiger partial charge in [0, 0.05) is 24.7 Å². The van der Waals surface area contributed by atoms with Gasteiger partial charge < -0.3 is 15.7 Å². The third-order valence-corrected chi connectivity index (χ3v) is 3.84. The van der Waals surface area contributed by atoms with E-state index < -0.39 is 11.4 Å². The third kappa shape index (κ3) is 2.73. The van der Waals surface area contributed by atoms with Crippen LogP contribution in [-0.4, -0.2) is 30.7 Å². The van der Waals surface area contributed by atoms with E-state index in [1.165, 1.54) is 5.56 Å². The van der Waals surface area contributed by atoms with Crippen molar-refractivity contribution in [3.8, 4) is 0 Å². The Balaban J connectivity index is 2.23. The topological polar surface area (TPSA) is 66.6 Å². The number of carboxylic acids is 1. The molecule has 1 aliphatic heterocycles. The predicted molar refractivity (Wildman–Crippen MR) is 76.5 cm³/mol. The van der Waals surface area contributed by atoms with E-state index in [0.29, 0.717) is 19.0 Å². The van der Waals surface area contributed by atoms with Crippen molar-refractivity contribution in [2.24, 2.45) is 11.1 Å². The number of para-hydroxylation sites is 1. The Kier molecular flexibility index (Phi) is 3.80. The maximum absolute atomic E-state index is 11.3. The molecule has 0 saturated carbocycles. The van der Waals surface area contributed by atoms with Crippen LogP contribution in [0.15, 0.2) is 24.3 Å². The summed E-state index contributed by atoms with van der Waals surface area (Å²) in [7, 11) is 0. The molecule has 0 saturated heterocycles. The Labute approximate surface area is 114 Å². The fourth-order valence-corrected chi connectivity index (χ4v) is 2.73. The van der Waals surface area contributed by atoms with Gasteiger partial charge in [-0.2, -0.15) is 0 Å². The molecule has 4 heteroatoms. The summed E-state index contributed by atoms with van der Waals surface area (Å²) >= 11 is 0. The molecule has 1 aliphatic rings. The SMILES string of the molecule is CC(C)(CN1CC(CCN)c2ccccc21)C(=O)O. The van der Waals surface area contributed by atoms with Crippen LogP contribution >= 0.6 is 0 Å². The van der Waals surface area contributed by atoms with Crippen LogP contribution in [0, 0.1) is 5.41 Å². The van der Waals surface area contributed by atoms with Gasteiger partial charge in [-0.1, -0.05) is 18.2 Å². The summed E-state index contributed by atoms with van der Waals surface area (Å²) in [6.45, 7) is 5.60. The number of carbonyl (C=O) groups is 1. The van der Waals surface area contributed by atoms with Gasteiger partial charge in [0.1, 0.15) is 0 Å². The molecule has 4 nitrogen and oxygen atoms in total. The maximum atomic E-state index is 11.3. The van der Waals surface area contributed by atoms with Crippen LogP contribution in [0.25, 0.3) is 0 Å². The summed E-state index contributed by atoms with van der Waals surface area (Å²) in [6, 6.07) is 8.24. The molecule has 1 atom stereocenters. The molecule has 0 amide bonds. The molecule has 0 aliphatic carbocycles. The molecule has 1 heterocycles. The Hall–Kier alpha value is -1.55. The fraction of sp³-hybridized carbons (Fsp3) is 0.533. The Morgan fingerprint density at radius 3 is 2.79 bits per heavy atom. The highest BCUT2D eigenvalue weighted by molar-refractivity contribution is 5.75. The minimum atomic E-state index is -0.757. The van der Waals surface area contributed by atoms with Crippen LogP contribution in [0.2, 0.25) is 0 Å². The molecule has 0 fully saturated rings. The number of fused-ring (bicyclic) bond motifs is 1. The van der Waals surface area contributed by atoms with Gasteiger partial charge in [0.15, 0.2) is 0 Å². The largest absolute Gasteiger partial charge is 0.481 e. The number of rotatable bonds is 5. The molecule has 0 bridgehead atoms. The van der Waals surface area contributed by atoms with Crippen LogP contribution in [0.1, 0.15) is 31.7 Å². The van der Waals surface area contributed by atoms with Gasteiger partial charge in [0.05, 0.1) is 5.41 Å². The molecule has 1 aromatic carbocycles. The molecule has 2 rings (SSSR count). The summed E-state index contributed by atoms with van der Waals surface area (Å²) in [5.41, 5.74) is 7.39. The number of hydrogen-bond donors (Lipinski definition) is 2. The monoisotopic (exact) mass is 262 g/mol. The van der Waals surface area contributed by atoms with E-state index in [4.69, 9.17) is 5.73 Å². The zero-order valence-corrected chi connectivity index (χ0v) is 11.6. The van der Waals surface area contributed by atoms with Crippen LogP contribution in [0.3, 0.4) is 0 Å². The molecule has 1 aromatic rings. The summed E-state index contributed by atoms with van der Waals surface area (Å²) in [5.74, 6) is -0.335. The first-order chi connectivity index (χ1) is 8.95. The van der Waals surface area contributed by atoms with Crippen LogP contribution < -0.4 is 10.6 Å². The zero-order chi connectivity index (χ0) is 14.0. The van der Waals surface area contributed by atoms with Crippen molar-refractivity contribution in [1.82, 2.24) is 0 Å². The van der Waals surface area contributed by atoms with E-state index in [1.54, 1.807) is 13.8 Å². The van der Waals surface area contributed by atoms with Crippen LogP contribution in [0.4, 0.5) is 5.69 Å². The van der Waals surface area contributed by atoms with Crippen molar-refractivity contribution in [2.75, 3.05) is 24.5 Å². The normalized spacial score (nSPS) is 18.5. The number of nitrogens with two attached hydrogens (primary N) is 1. The van der Waals surface area contributed by atoms with E-state index in [0.717, 1.165) is 18.7 Å². The average molecular weight is 262 g/mol. The van der Waals surface area contributed by atoms with Crippen molar-refractivity contribution in [3.63, 3.8) is 0 Å². The number of nitrogens with zero attached hydrogens (tertiary/aromatic N) is 1. The van der Waals surface area contributed by atoms with E-state index >= 15 is 0 Å². The molecule has 1 unspecified atom stereocenters. The van der Waals surface area contributed by atoms with Gasteiger partial charge in [-0.15, -0.1) is 0 Å². The standard InChI is InChI=1S/C15H22N2O2/c1-15(2,14(18)19)10-17-9-11(7-8-16)12-5-3-4-6-13(12)17/h3-6,11H,7-10,16H2,1-2H3,(H,18,19). The minimum absolute atomic E-state index is 0.422. The number of aliphatic carboxylic acids is 1. The van der Waals surface area contributed by atoms with Gasteiger partial charge in [0.2, 0.25) is 0 Å². The smallest absolute Gasteiger partial charge is 0.310 e. The number of hydrogen-bond acceptors (Lipinski definition) is 3. The average Bonchev–Trinajstić information content (AvgIpc) is 2.68. The second kappa shape index (κ2) is 5.21. The predicted octanol–water partition coefficient (Wildman–Crippen LogP) is 2.05. The van der Waals surface area contributed by atoms with Crippen LogP contribution in [-0.2, 0) is 4.79 Å². The van der Waals surface area contributed by atoms with Gasteiger partial charge in [-0.05, 0) is 38.4 Å². The highest BCUT2D eigenvalue weighted by Gasteiger charge is 2.35. The first-order valence-electron chi connectivity index (χ1n) is 6.73. The lowest BCUT2D eigenvalue weighted by Crippen LogP contribution is -2.38. The molecule has 0 aromatic heterocycles. The van der Waals surface area contributed by atoms with Gasteiger partial charge >= 0.3 is 5.97 Å². The lowest BCUT2D eigenvalue weighted by molar-refractivity contribution is -0.146. The molecule has 104 valence electrons. The number of benzene rings is 1. The summed E-state index contributed by atoms with van der Waals surface area (Å²) in [6.07, 6.45) is 0.945. The zero-order valence-electron chi connectivity index (χ0n) is 11.6. The second-order valence-corrected chi connectivity index (χ2v) is 5.90. The first kappa shape index (κ1) is 13.9.